The van der Waals surface area contributed by atoms with Gasteiger partial charge in [0.25, 0.3) is 5.91 Å². The molecule has 0 aliphatic heterocycles. The second-order valence-corrected chi connectivity index (χ2v) is 8.24. The van der Waals surface area contributed by atoms with E-state index in [0.29, 0.717) is 22.0 Å². The van der Waals surface area contributed by atoms with Gasteiger partial charge in [-0.2, -0.15) is 0 Å². The molecule has 1 aliphatic rings. The smallest absolute Gasteiger partial charge is 0.294 e. The normalized spacial score (nSPS) is 14.7. The van der Waals surface area contributed by atoms with Crippen molar-refractivity contribution in [1.29, 1.82) is 0 Å². The Morgan fingerprint density at radius 1 is 1.09 bits per heavy atom. The van der Waals surface area contributed by atoms with E-state index < -0.39 is 11.9 Å². The number of amides is 2. The molecular formula is C25H25ClN2O4. The van der Waals surface area contributed by atoms with Crippen LogP contribution in [-0.4, -0.2) is 25.0 Å². The highest BCUT2D eigenvalue weighted by atomic mass is 35.5. The number of nitrogens with zero attached hydrogens (tertiary/aromatic N) is 1. The van der Waals surface area contributed by atoms with Crippen LogP contribution in [0.2, 0.25) is 5.02 Å². The van der Waals surface area contributed by atoms with Crippen LogP contribution in [0.4, 0.5) is 5.69 Å². The molecule has 0 radical (unpaired) electrons. The van der Waals surface area contributed by atoms with E-state index >= 15 is 0 Å². The maximum absolute atomic E-state index is 13.7. The number of ether oxygens (including phenoxy) is 1. The summed E-state index contributed by atoms with van der Waals surface area (Å²) in [5.74, 6) is 0.0286. The van der Waals surface area contributed by atoms with Gasteiger partial charge >= 0.3 is 0 Å². The van der Waals surface area contributed by atoms with Gasteiger partial charge in [0.1, 0.15) is 11.8 Å². The monoisotopic (exact) mass is 452 g/mol. The molecule has 1 saturated carbocycles. The molecule has 2 amide bonds. The van der Waals surface area contributed by atoms with Crippen molar-refractivity contribution in [2.75, 3.05) is 12.0 Å². The van der Waals surface area contributed by atoms with E-state index in [4.69, 9.17) is 20.8 Å². The maximum atomic E-state index is 13.7. The molecular weight excluding hydrogens is 428 g/mol. The van der Waals surface area contributed by atoms with Crippen molar-refractivity contribution < 1.29 is 18.7 Å². The van der Waals surface area contributed by atoms with Crippen LogP contribution in [0.3, 0.4) is 0 Å². The number of rotatable bonds is 7. The van der Waals surface area contributed by atoms with Crippen molar-refractivity contribution in [2.45, 2.75) is 37.8 Å². The van der Waals surface area contributed by atoms with Crippen LogP contribution < -0.4 is 15.0 Å². The molecule has 0 saturated heterocycles. The summed E-state index contributed by atoms with van der Waals surface area (Å²) < 4.78 is 10.8. The molecule has 1 atom stereocenters. The van der Waals surface area contributed by atoms with Gasteiger partial charge in [-0.05, 0) is 60.9 Å². The van der Waals surface area contributed by atoms with Gasteiger partial charge < -0.3 is 14.5 Å². The first-order chi connectivity index (χ1) is 15.6. The fraction of sp³-hybridized carbons (Fsp3) is 0.280. The minimum atomic E-state index is -0.943. The highest BCUT2D eigenvalue weighted by Gasteiger charge is 2.36. The highest BCUT2D eigenvalue weighted by Crippen LogP contribution is 2.33. The third-order valence-corrected chi connectivity index (χ3v) is 5.89. The Morgan fingerprint density at radius 2 is 1.88 bits per heavy atom. The topological polar surface area (TPSA) is 71.8 Å². The third kappa shape index (κ3) is 4.81. The lowest BCUT2D eigenvalue weighted by molar-refractivity contribution is -0.123. The summed E-state index contributed by atoms with van der Waals surface area (Å²) in [6, 6.07) is 16.4. The molecule has 6 nitrogen and oxygen atoms in total. The van der Waals surface area contributed by atoms with E-state index in [2.05, 4.69) is 5.32 Å². The van der Waals surface area contributed by atoms with Crippen LogP contribution in [0.1, 0.15) is 47.8 Å². The second-order valence-electron chi connectivity index (χ2n) is 7.80. The summed E-state index contributed by atoms with van der Waals surface area (Å²) >= 11 is 6.25. The van der Waals surface area contributed by atoms with Gasteiger partial charge in [-0.25, -0.2) is 0 Å². The average Bonchev–Trinajstić information content (AvgIpc) is 3.51. The Hall–Kier alpha value is -3.25. The summed E-state index contributed by atoms with van der Waals surface area (Å²) in [6.45, 7) is 0. The van der Waals surface area contributed by atoms with E-state index in [1.807, 2.05) is 6.07 Å². The number of methoxy groups -OCH3 is 1. The Kier molecular flexibility index (Phi) is 6.81. The molecule has 1 N–H and O–H groups in total. The van der Waals surface area contributed by atoms with Crippen molar-refractivity contribution in [3.8, 4) is 5.75 Å². The van der Waals surface area contributed by atoms with Crippen molar-refractivity contribution >= 4 is 29.1 Å². The van der Waals surface area contributed by atoms with Crippen LogP contribution in [0.25, 0.3) is 0 Å². The lowest BCUT2D eigenvalue weighted by Crippen LogP contribution is -2.46. The molecule has 0 bridgehead atoms. The second kappa shape index (κ2) is 9.92. The molecule has 0 unspecified atom stereocenters. The molecule has 4 rings (SSSR count). The predicted octanol–water partition coefficient (Wildman–Crippen LogP) is 5.39. The summed E-state index contributed by atoms with van der Waals surface area (Å²) in [4.78, 5) is 28.7. The van der Waals surface area contributed by atoms with Gasteiger partial charge in [-0.15, -0.1) is 0 Å². The number of hydrogen-bond acceptors (Lipinski definition) is 4. The standard InChI is InChI=1S/C25H25ClN2O4/c1-31-21-12-4-7-17(15-21)23(24(29)27-19-9-2-3-10-19)28(20-11-5-8-18(26)16-20)25(30)22-13-6-14-32-22/h4-8,11-16,19,23H,2-3,9-10H2,1H3,(H,27,29)/t23-/m1/s1. The molecule has 1 aromatic heterocycles. The molecule has 32 heavy (non-hydrogen) atoms. The Balaban J connectivity index is 1.82. The number of carbonyl (C=O) groups is 2. The van der Waals surface area contributed by atoms with Crippen LogP contribution in [-0.2, 0) is 4.79 Å². The predicted molar refractivity (Wildman–Crippen MR) is 123 cm³/mol. The Labute approximate surface area is 192 Å². The van der Waals surface area contributed by atoms with Crippen molar-refractivity contribution in [1.82, 2.24) is 5.32 Å². The quantitative estimate of drug-likeness (QED) is 0.521. The van der Waals surface area contributed by atoms with Crippen LogP contribution in [0, 0.1) is 0 Å². The molecule has 166 valence electrons. The van der Waals surface area contributed by atoms with Crippen molar-refractivity contribution in [3.63, 3.8) is 0 Å². The largest absolute Gasteiger partial charge is 0.497 e. The first-order valence-corrected chi connectivity index (χ1v) is 11.0. The zero-order valence-corrected chi connectivity index (χ0v) is 18.5. The van der Waals surface area contributed by atoms with Crippen molar-refractivity contribution in [2.24, 2.45) is 0 Å². The lowest BCUT2D eigenvalue weighted by Gasteiger charge is -2.32. The van der Waals surface area contributed by atoms with E-state index in [1.165, 1.54) is 11.2 Å². The van der Waals surface area contributed by atoms with Crippen LogP contribution in [0.15, 0.2) is 71.3 Å². The van der Waals surface area contributed by atoms with E-state index in [0.717, 1.165) is 25.7 Å². The lowest BCUT2D eigenvalue weighted by atomic mass is 10.0. The number of halogens is 1. The van der Waals surface area contributed by atoms with Gasteiger partial charge in [-0.1, -0.05) is 42.6 Å². The Morgan fingerprint density at radius 3 is 2.56 bits per heavy atom. The van der Waals surface area contributed by atoms with E-state index in [-0.39, 0.29) is 17.7 Å². The number of benzene rings is 2. The fourth-order valence-corrected chi connectivity index (χ4v) is 4.29. The number of furan rings is 1. The summed E-state index contributed by atoms with van der Waals surface area (Å²) in [5, 5.41) is 3.60. The Bertz CT molecular complexity index is 1080. The summed E-state index contributed by atoms with van der Waals surface area (Å²) in [6.07, 6.45) is 5.46. The minimum Gasteiger partial charge on any atom is -0.497 e. The number of hydrogen-bond donors (Lipinski definition) is 1. The zero-order valence-electron chi connectivity index (χ0n) is 17.8. The molecule has 1 fully saturated rings. The molecule has 1 aliphatic carbocycles. The molecule has 0 spiro atoms. The van der Waals surface area contributed by atoms with Crippen LogP contribution in [0.5, 0.6) is 5.75 Å². The van der Waals surface area contributed by atoms with Gasteiger partial charge in [0, 0.05) is 16.8 Å². The summed E-state index contributed by atoms with van der Waals surface area (Å²) in [7, 11) is 1.56. The number of carbonyl (C=O) groups excluding carboxylic acids is 2. The number of nitrogens with one attached hydrogen (secondary N) is 1. The fourth-order valence-electron chi connectivity index (χ4n) is 4.11. The highest BCUT2D eigenvalue weighted by molar-refractivity contribution is 6.31. The molecule has 2 aromatic carbocycles. The maximum Gasteiger partial charge on any atom is 0.294 e. The van der Waals surface area contributed by atoms with E-state index in [9.17, 15) is 9.59 Å². The molecule has 3 aromatic rings. The van der Waals surface area contributed by atoms with Gasteiger partial charge in [0.2, 0.25) is 5.91 Å². The molecule has 1 heterocycles. The van der Waals surface area contributed by atoms with Gasteiger partial charge in [0.05, 0.1) is 13.4 Å². The van der Waals surface area contributed by atoms with Gasteiger partial charge in [-0.3, -0.25) is 14.5 Å². The average molecular weight is 453 g/mol. The van der Waals surface area contributed by atoms with Crippen molar-refractivity contribution in [3.05, 3.63) is 83.3 Å². The summed E-state index contributed by atoms with van der Waals surface area (Å²) in [5.41, 5.74) is 1.12. The first kappa shape index (κ1) is 22.0. The first-order valence-electron chi connectivity index (χ1n) is 10.6. The third-order valence-electron chi connectivity index (χ3n) is 5.65. The van der Waals surface area contributed by atoms with E-state index in [1.54, 1.807) is 61.7 Å². The molecule has 7 heteroatoms. The minimum absolute atomic E-state index is 0.0931. The van der Waals surface area contributed by atoms with Crippen LogP contribution >= 0.6 is 11.6 Å². The SMILES string of the molecule is COc1cccc([C@H](C(=O)NC2CCCC2)N(C(=O)c2ccco2)c2cccc(Cl)c2)c1. The zero-order chi connectivity index (χ0) is 22.5. The van der Waals surface area contributed by atoms with Gasteiger partial charge in [0.15, 0.2) is 5.76 Å². The number of anilines is 1.